The molecule has 2 unspecified atom stereocenters. The number of nitrogens with two attached hydrogens (primary N) is 1. The van der Waals surface area contributed by atoms with Gasteiger partial charge in [0.2, 0.25) is 5.91 Å². The fraction of sp³-hybridized carbons (Fsp3) is 0.600. The number of hydrogen-bond acceptors (Lipinski definition) is 4. The van der Waals surface area contributed by atoms with Crippen LogP contribution < -0.4 is 11.1 Å². The normalized spacial score (nSPS) is 22.1. The maximum atomic E-state index is 12.3. The Morgan fingerprint density at radius 3 is 3.00 bits per heavy atom. The summed E-state index contributed by atoms with van der Waals surface area (Å²) in [7, 11) is 0. The van der Waals surface area contributed by atoms with E-state index >= 15 is 0 Å². The maximum Gasteiger partial charge on any atom is 0.252 e. The Kier molecular flexibility index (Phi) is 5.76. The van der Waals surface area contributed by atoms with Crippen molar-refractivity contribution in [1.29, 1.82) is 0 Å². The molecule has 1 aliphatic rings. The zero-order chi connectivity index (χ0) is 15.2. The van der Waals surface area contributed by atoms with Crippen molar-refractivity contribution in [3.8, 4) is 0 Å². The third-order valence-electron chi connectivity index (χ3n) is 3.98. The van der Waals surface area contributed by atoms with E-state index in [-0.39, 0.29) is 17.9 Å². The van der Waals surface area contributed by atoms with Gasteiger partial charge in [0, 0.05) is 43.0 Å². The maximum absolute atomic E-state index is 12.3. The van der Waals surface area contributed by atoms with Crippen molar-refractivity contribution < 1.29 is 9.59 Å². The Morgan fingerprint density at radius 1 is 1.52 bits per heavy atom. The van der Waals surface area contributed by atoms with Crippen LogP contribution in [-0.4, -0.2) is 42.4 Å². The van der Waals surface area contributed by atoms with Gasteiger partial charge in [-0.1, -0.05) is 6.92 Å². The second-order valence-corrected chi connectivity index (χ2v) is 6.40. The quantitative estimate of drug-likeness (QED) is 0.864. The van der Waals surface area contributed by atoms with Crippen LogP contribution in [0.25, 0.3) is 0 Å². The van der Waals surface area contributed by atoms with Gasteiger partial charge < -0.3 is 16.0 Å². The van der Waals surface area contributed by atoms with Gasteiger partial charge in [-0.05, 0) is 30.2 Å². The molecule has 0 spiro atoms. The predicted octanol–water partition coefficient (Wildman–Crippen LogP) is 1.45. The number of nitrogens with one attached hydrogen (secondary N) is 1. The molecule has 0 aliphatic carbocycles. The average molecular weight is 309 g/mol. The van der Waals surface area contributed by atoms with Crippen molar-refractivity contribution in [1.82, 2.24) is 10.2 Å². The van der Waals surface area contributed by atoms with Crippen LogP contribution in [0.5, 0.6) is 0 Å². The highest BCUT2D eigenvalue weighted by Gasteiger charge is 2.28. The van der Waals surface area contributed by atoms with Gasteiger partial charge in [-0.2, -0.15) is 11.3 Å². The van der Waals surface area contributed by atoms with Crippen molar-refractivity contribution in [3.63, 3.8) is 0 Å². The lowest BCUT2D eigenvalue weighted by molar-refractivity contribution is -0.135. The molecule has 0 radical (unpaired) electrons. The molecule has 6 heteroatoms. The van der Waals surface area contributed by atoms with Crippen LogP contribution in [0.2, 0.25) is 0 Å². The standard InChI is InChI=1S/C15H23N3O2S/c1-11-3-6-18(13(8-11)9-16)14(19)2-5-17-15(20)12-4-7-21-10-12/h4,7,10-11,13H,2-3,5-6,8-9,16H2,1H3,(H,17,20). The fourth-order valence-electron chi connectivity index (χ4n) is 2.73. The van der Waals surface area contributed by atoms with Gasteiger partial charge in [-0.15, -0.1) is 0 Å². The predicted molar refractivity (Wildman–Crippen MR) is 84.2 cm³/mol. The number of amides is 2. The van der Waals surface area contributed by atoms with Gasteiger partial charge in [0.15, 0.2) is 0 Å². The first-order valence-electron chi connectivity index (χ1n) is 7.41. The van der Waals surface area contributed by atoms with Crippen LogP contribution >= 0.6 is 11.3 Å². The molecule has 1 aromatic rings. The highest BCUT2D eigenvalue weighted by atomic mass is 32.1. The van der Waals surface area contributed by atoms with Crippen LogP contribution in [0.15, 0.2) is 16.8 Å². The zero-order valence-electron chi connectivity index (χ0n) is 12.4. The molecule has 0 bridgehead atoms. The van der Waals surface area contributed by atoms with Crippen LogP contribution in [0.1, 0.15) is 36.5 Å². The van der Waals surface area contributed by atoms with E-state index in [1.165, 1.54) is 11.3 Å². The van der Waals surface area contributed by atoms with E-state index in [0.717, 1.165) is 19.4 Å². The van der Waals surface area contributed by atoms with Crippen LogP contribution in [0, 0.1) is 5.92 Å². The molecule has 0 saturated carbocycles. The number of likely N-dealkylation sites (tertiary alicyclic amines) is 1. The molecule has 1 saturated heterocycles. The smallest absolute Gasteiger partial charge is 0.252 e. The number of rotatable bonds is 5. The number of hydrogen-bond donors (Lipinski definition) is 2. The third-order valence-corrected chi connectivity index (χ3v) is 4.66. The minimum atomic E-state index is -0.119. The summed E-state index contributed by atoms with van der Waals surface area (Å²) >= 11 is 1.48. The summed E-state index contributed by atoms with van der Waals surface area (Å²) in [5.41, 5.74) is 6.42. The minimum absolute atomic E-state index is 0.0861. The Labute approximate surface area is 129 Å². The topological polar surface area (TPSA) is 75.4 Å². The molecular formula is C15H23N3O2S. The summed E-state index contributed by atoms with van der Waals surface area (Å²) < 4.78 is 0. The van der Waals surface area contributed by atoms with Crippen molar-refractivity contribution >= 4 is 23.2 Å². The van der Waals surface area contributed by atoms with E-state index in [4.69, 9.17) is 5.73 Å². The van der Waals surface area contributed by atoms with Crippen LogP contribution in [0.3, 0.4) is 0 Å². The molecule has 1 aromatic heterocycles. The lowest BCUT2D eigenvalue weighted by Crippen LogP contribution is -2.49. The monoisotopic (exact) mass is 309 g/mol. The molecule has 3 N–H and O–H groups in total. The van der Waals surface area contributed by atoms with Gasteiger partial charge in [0.05, 0.1) is 0 Å². The Morgan fingerprint density at radius 2 is 2.33 bits per heavy atom. The molecule has 0 aromatic carbocycles. The first-order valence-corrected chi connectivity index (χ1v) is 8.36. The molecule has 1 fully saturated rings. The highest BCUT2D eigenvalue weighted by molar-refractivity contribution is 7.08. The van der Waals surface area contributed by atoms with Gasteiger partial charge in [0.1, 0.15) is 0 Å². The number of nitrogens with zero attached hydrogens (tertiary/aromatic N) is 1. The van der Waals surface area contributed by atoms with E-state index in [9.17, 15) is 9.59 Å². The van der Waals surface area contributed by atoms with E-state index < -0.39 is 0 Å². The Bertz CT molecular complexity index is 475. The van der Waals surface area contributed by atoms with Crippen molar-refractivity contribution in [2.24, 2.45) is 11.7 Å². The Balaban J connectivity index is 1.77. The van der Waals surface area contributed by atoms with Gasteiger partial charge in [0.25, 0.3) is 5.91 Å². The van der Waals surface area contributed by atoms with E-state index in [2.05, 4.69) is 12.2 Å². The molecule has 2 heterocycles. The Hall–Kier alpha value is -1.40. The molecule has 5 nitrogen and oxygen atoms in total. The largest absolute Gasteiger partial charge is 0.351 e. The van der Waals surface area contributed by atoms with E-state index in [0.29, 0.717) is 31.0 Å². The van der Waals surface area contributed by atoms with Crippen molar-refractivity contribution in [2.75, 3.05) is 19.6 Å². The molecule has 2 amide bonds. The summed E-state index contributed by atoms with van der Waals surface area (Å²) in [6, 6.07) is 1.92. The number of carbonyl (C=O) groups is 2. The molecule has 21 heavy (non-hydrogen) atoms. The van der Waals surface area contributed by atoms with Crippen LogP contribution in [-0.2, 0) is 4.79 Å². The van der Waals surface area contributed by atoms with Gasteiger partial charge in [-0.3, -0.25) is 9.59 Å². The second-order valence-electron chi connectivity index (χ2n) is 5.62. The molecule has 116 valence electrons. The number of thiophene rings is 1. The summed E-state index contributed by atoms with van der Waals surface area (Å²) in [5, 5.41) is 6.45. The first-order chi connectivity index (χ1) is 10.1. The van der Waals surface area contributed by atoms with Crippen LogP contribution in [0.4, 0.5) is 0 Å². The van der Waals surface area contributed by atoms with Crippen molar-refractivity contribution in [2.45, 2.75) is 32.2 Å². The molecule has 2 rings (SSSR count). The molecule has 2 atom stereocenters. The summed E-state index contributed by atoms with van der Waals surface area (Å²) in [4.78, 5) is 25.9. The lowest BCUT2D eigenvalue weighted by atomic mass is 9.92. The summed E-state index contributed by atoms with van der Waals surface area (Å²) in [6.45, 7) is 3.86. The fourth-order valence-corrected chi connectivity index (χ4v) is 3.36. The summed E-state index contributed by atoms with van der Waals surface area (Å²) in [5.74, 6) is 0.593. The second kappa shape index (κ2) is 7.56. The number of carbonyl (C=O) groups excluding carboxylic acids is 2. The zero-order valence-corrected chi connectivity index (χ0v) is 13.2. The third kappa shape index (κ3) is 4.28. The highest BCUT2D eigenvalue weighted by Crippen LogP contribution is 2.22. The van der Waals surface area contributed by atoms with E-state index in [1.54, 1.807) is 11.4 Å². The van der Waals surface area contributed by atoms with E-state index in [1.807, 2.05) is 10.3 Å². The van der Waals surface area contributed by atoms with Gasteiger partial charge in [-0.25, -0.2) is 0 Å². The average Bonchev–Trinajstić information content (AvgIpc) is 3.01. The summed E-state index contributed by atoms with van der Waals surface area (Å²) in [6.07, 6.45) is 2.34. The molecular weight excluding hydrogens is 286 g/mol. The lowest BCUT2D eigenvalue weighted by Gasteiger charge is -2.38. The SMILES string of the molecule is CC1CCN(C(=O)CCNC(=O)c2ccsc2)C(CN)C1. The number of piperidine rings is 1. The van der Waals surface area contributed by atoms with Gasteiger partial charge >= 0.3 is 0 Å². The first kappa shape index (κ1) is 16.0. The minimum Gasteiger partial charge on any atom is -0.351 e. The van der Waals surface area contributed by atoms with Crippen molar-refractivity contribution in [3.05, 3.63) is 22.4 Å². The molecule has 1 aliphatic heterocycles.